The zero-order valence-electron chi connectivity index (χ0n) is 7.12. The molecule has 0 saturated heterocycles. The third-order valence-electron chi connectivity index (χ3n) is 1.74. The van der Waals surface area contributed by atoms with Crippen LogP contribution in [0.4, 0.5) is 0 Å². The summed E-state index contributed by atoms with van der Waals surface area (Å²) in [6.07, 6.45) is 0.848. The summed E-state index contributed by atoms with van der Waals surface area (Å²) in [6.45, 7) is 5.83. The molecule has 0 saturated carbocycles. The van der Waals surface area contributed by atoms with E-state index in [0.29, 0.717) is 0 Å². The topological polar surface area (TPSA) is 41.1 Å². The van der Waals surface area contributed by atoms with Gasteiger partial charge in [-0.05, 0) is 6.42 Å². The first kappa shape index (κ1) is 9.43. The van der Waals surface area contributed by atoms with Gasteiger partial charge in [-0.1, -0.05) is 20.8 Å². The largest absolute Gasteiger partial charge is 0.291 e. The zero-order chi connectivity index (χ0) is 8.20. The van der Waals surface area contributed by atoms with Crippen LogP contribution < -0.4 is 10.9 Å². The molecule has 0 spiro atoms. The van der Waals surface area contributed by atoms with Gasteiger partial charge in [-0.25, -0.2) is 5.43 Å². The summed E-state index contributed by atoms with van der Waals surface area (Å²) in [6, 6.07) is 0. The zero-order valence-corrected chi connectivity index (χ0v) is 7.12. The van der Waals surface area contributed by atoms with E-state index in [0.717, 1.165) is 6.42 Å². The first-order valence-corrected chi connectivity index (χ1v) is 3.51. The molecule has 0 aliphatic carbocycles. The van der Waals surface area contributed by atoms with E-state index in [9.17, 15) is 4.79 Å². The maximum absolute atomic E-state index is 11.1. The van der Waals surface area contributed by atoms with Gasteiger partial charge < -0.3 is 0 Å². The van der Waals surface area contributed by atoms with Gasteiger partial charge in [0.25, 0.3) is 0 Å². The standard InChI is InChI=1S/C7H16N2O/c1-5-7(2,3)6(10)9-8-4/h8H,5H2,1-4H3,(H,9,10). The maximum atomic E-state index is 11.1. The molecule has 60 valence electrons. The Labute approximate surface area is 62.2 Å². The molecule has 0 fully saturated rings. The molecule has 0 aromatic carbocycles. The van der Waals surface area contributed by atoms with Crippen molar-refractivity contribution >= 4 is 5.91 Å². The molecular weight excluding hydrogens is 128 g/mol. The van der Waals surface area contributed by atoms with E-state index in [4.69, 9.17) is 0 Å². The average molecular weight is 144 g/mol. The van der Waals surface area contributed by atoms with Gasteiger partial charge in [-0.3, -0.25) is 10.2 Å². The van der Waals surface area contributed by atoms with Crippen molar-refractivity contribution in [3.63, 3.8) is 0 Å². The lowest BCUT2D eigenvalue weighted by molar-refractivity contribution is -0.130. The van der Waals surface area contributed by atoms with Gasteiger partial charge in [0.05, 0.1) is 0 Å². The molecule has 1 amide bonds. The van der Waals surface area contributed by atoms with Gasteiger partial charge in [-0.15, -0.1) is 0 Å². The quantitative estimate of drug-likeness (QED) is 0.572. The van der Waals surface area contributed by atoms with Crippen molar-refractivity contribution in [3.05, 3.63) is 0 Å². The van der Waals surface area contributed by atoms with Crippen LogP contribution in [0.25, 0.3) is 0 Å². The smallest absolute Gasteiger partial charge is 0.239 e. The van der Waals surface area contributed by atoms with Crippen molar-refractivity contribution < 1.29 is 4.79 Å². The Balaban J connectivity index is 3.91. The molecule has 3 nitrogen and oxygen atoms in total. The van der Waals surface area contributed by atoms with E-state index in [1.807, 2.05) is 20.8 Å². The lowest BCUT2D eigenvalue weighted by Gasteiger charge is -2.20. The summed E-state index contributed by atoms with van der Waals surface area (Å²) in [5, 5.41) is 0. The lowest BCUT2D eigenvalue weighted by atomic mass is 9.90. The van der Waals surface area contributed by atoms with Crippen LogP contribution in [0, 0.1) is 5.41 Å². The van der Waals surface area contributed by atoms with Crippen LogP contribution in [-0.2, 0) is 4.79 Å². The molecule has 0 aromatic heterocycles. The summed E-state index contributed by atoms with van der Waals surface area (Å²) in [7, 11) is 1.68. The number of hydrogen-bond donors (Lipinski definition) is 2. The van der Waals surface area contributed by atoms with Crippen molar-refractivity contribution in [2.75, 3.05) is 7.05 Å². The highest BCUT2D eigenvalue weighted by Gasteiger charge is 2.24. The van der Waals surface area contributed by atoms with Gasteiger partial charge in [-0.2, -0.15) is 0 Å². The molecule has 0 unspecified atom stereocenters. The number of nitrogens with one attached hydrogen (secondary N) is 2. The van der Waals surface area contributed by atoms with Crippen LogP contribution in [0.2, 0.25) is 0 Å². The predicted molar refractivity (Wildman–Crippen MR) is 41.3 cm³/mol. The van der Waals surface area contributed by atoms with Gasteiger partial charge in [0, 0.05) is 12.5 Å². The fourth-order valence-corrected chi connectivity index (χ4v) is 0.443. The molecule has 0 bridgehead atoms. The third kappa shape index (κ3) is 2.35. The normalized spacial score (nSPS) is 11.2. The van der Waals surface area contributed by atoms with E-state index < -0.39 is 0 Å². The molecule has 0 rings (SSSR count). The fraction of sp³-hybridized carbons (Fsp3) is 0.857. The molecule has 0 radical (unpaired) electrons. The number of rotatable bonds is 3. The van der Waals surface area contributed by atoms with Crippen molar-refractivity contribution in [1.29, 1.82) is 0 Å². The minimum absolute atomic E-state index is 0.0394. The van der Waals surface area contributed by atoms with Crippen molar-refractivity contribution in [1.82, 2.24) is 10.9 Å². The summed E-state index contributed by atoms with van der Waals surface area (Å²) in [5.41, 5.74) is 4.90. The molecule has 0 aliphatic rings. The second-order valence-corrected chi connectivity index (χ2v) is 2.94. The molecule has 0 aliphatic heterocycles. The Morgan fingerprint density at radius 1 is 1.50 bits per heavy atom. The van der Waals surface area contributed by atoms with Crippen molar-refractivity contribution in [3.8, 4) is 0 Å². The number of hydrogen-bond acceptors (Lipinski definition) is 2. The monoisotopic (exact) mass is 144 g/mol. The summed E-state index contributed by atoms with van der Waals surface area (Å²) < 4.78 is 0. The first-order valence-electron chi connectivity index (χ1n) is 3.51. The highest BCUT2D eigenvalue weighted by atomic mass is 16.2. The Morgan fingerprint density at radius 3 is 2.30 bits per heavy atom. The minimum atomic E-state index is -0.261. The molecule has 10 heavy (non-hydrogen) atoms. The van der Waals surface area contributed by atoms with Crippen LogP contribution in [0.3, 0.4) is 0 Å². The summed E-state index contributed by atoms with van der Waals surface area (Å²) in [4.78, 5) is 11.1. The van der Waals surface area contributed by atoms with E-state index >= 15 is 0 Å². The van der Waals surface area contributed by atoms with E-state index in [1.165, 1.54) is 0 Å². The Hall–Kier alpha value is -0.570. The fourth-order valence-electron chi connectivity index (χ4n) is 0.443. The SMILES string of the molecule is CCC(C)(C)C(=O)NNC. The molecular formula is C7H16N2O. The number of amides is 1. The van der Waals surface area contributed by atoms with Gasteiger partial charge >= 0.3 is 0 Å². The third-order valence-corrected chi connectivity index (χ3v) is 1.74. The van der Waals surface area contributed by atoms with Crippen LogP contribution in [-0.4, -0.2) is 13.0 Å². The highest BCUT2D eigenvalue weighted by Crippen LogP contribution is 2.18. The van der Waals surface area contributed by atoms with E-state index in [-0.39, 0.29) is 11.3 Å². The molecule has 2 N–H and O–H groups in total. The Kier molecular flexibility index (Phi) is 3.36. The van der Waals surface area contributed by atoms with E-state index in [1.54, 1.807) is 7.05 Å². The van der Waals surface area contributed by atoms with Crippen LogP contribution >= 0.6 is 0 Å². The van der Waals surface area contributed by atoms with Crippen LogP contribution in [0.1, 0.15) is 27.2 Å². The van der Waals surface area contributed by atoms with Gasteiger partial charge in [0.15, 0.2) is 0 Å². The first-order chi connectivity index (χ1) is 4.54. The second-order valence-electron chi connectivity index (χ2n) is 2.94. The number of hydrazine groups is 1. The average Bonchev–Trinajstić information content (AvgIpc) is 1.89. The minimum Gasteiger partial charge on any atom is -0.291 e. The molecule has 0 atom stereocenters. The van der Waals surface area contributed by atoms with Crippen molar-refractivity contribution in [2.24, 2.45) is 5.41 Å². The number of carbonyl (C=O) groups is 1. The van der Waals surface area contributed by atoms with Gasteiger partial charge in [0.2, 0.25) is 5.91 Å². The van der Waals surface area contributed by atoms with Gasteiger partial charge in [0.1, 0.15) is 0 Å². The lowest BCUT2D eigenvalue weighted by Crippen LogP contribution is -2.42. The van der Waals surface area contributed by atoms with Crippen LogP contribution in [0.5, 0.6) is 0 Å². The number of carbonyl (C=O) groups excluding carboxylic acids is 1. The predicted octanol–water partition coefficient (Wildman–Crippen LogP) is 0.673. The molecule has 0 aromatic rings. The Morgan fingerprint density at radius 2 is 2.00 bits per heavy atom. The summed E-state index contributed by atoms with van der Waals surface area (Å²) in [5.74, 6) is 0.0394. The highest BCUT2D eigenvalue weighted by molar-refractivity contribution is 5.81. The van der Waals surface area contributed by atoms with E-state index in [2.05, 4.69) is 10.9 Å². The second kappa shape index (κ2) is 3.56. The van der Waals surface area contributed by atoms with Crippen molar-refractivity contribution in [2.45, 2.75) is 27.2 Å². The molecule has 0 heterocycles. The maximum Gasteiger partial charge on any atom is 0.239 e. The summed E-state index contributed by atoms with van der Waals surface area (Å²) >= 11 is 0. The Bertz CT molecular complexity index is 121. The van der Waals surface area contributed by atoms with Crippen LogP contribution in [0.15, 0.2) is 0 Å². The molecule has 3 heteroatoms.